The van der Waals surface area contributed by atoms with E-state index >= 15 is 0 Å². The predicted octanol–water partition coefficient (Wildman–Crippen LogP) is 2.47. The zero-order chi connectivity index (χ0) is 14.8. The van der Waals surface area contributed by atoms with E-state index in [1.165, 1.54) is 6.42 Å². The number of ether oxygens (including phenoxy) is 1. The topological polar surface area (TPSA) is 68.5 Å². The molecule has 1 aliphatic heterocycles. The van der Waals surface area contributed by atoms with Gasteiger partial charge < -0.3 is 15.4 Å². The molecule has 0 unspecified atom stereocenters. The Bertz CT molecular complexity index is 500. The Hall–Kier alpha value is -1.78. The summed E-state index contributed by atoms with van der Waals surface area (Å²) in [6.45, 7) is 8.41. The number of carbonyl (C=O) groups is 1. The quantitative estimate of drug-likeness (QED) is 0.860. The first-order valence-corrected chi connectivity index (χ1v) is 7.10. The van der Waals surface area contributed by atoms with Gasteiger partial charge in [-0.25, -0.2) is 9.78 Å². The molecule has 1 aromatic rings. The van der Waals surface area contributed by atoms with Crippen LogP contribution < -0.4 is 10.6 Å². The van der Waals surface area contributed by atoms with E-state index in [4.69, 9.17) is 10.5 Å². The van der Waals surface area contributed by atoms with Crippen molar-refractivity contribution in [3.8, 4) is 0 Å². The van der Waals surface area contributed by atoms with E-state index in [1.807, 2.05) is 0 Å². The van der Waals surface area contributed by atoms with E-state index in [9.17, 15) is 4.79 Å². The maximum atomic E-state index is 12.1. The van der Waals surface area contributed by atoms with Gasteiger partial charge in [-0.2, -0.15) is 0 Å². The number of esters is 1. The zero-order valence-corrected chi connectivity index (χ0v) is 12.5. The number of nitrogen functional groups attached to an aromatic ring is 1. The number of piperidine rings is 1. The van der Waals surface area contributed by atoms with E-state index < -0.39 is 0 Å². The van der Waals surface area contributed by atoms with Crippen LogP contribution >= 0.6 is 0 Å². The fourth-order valence-corrected chi connectivity index (χ4v) is 2.69. The Balaban J connectivity index is 2.33. The van der Waals surface area contributed by atoms with Gasteiger partial charge in [-0.15, -0.1) is 0 Å². The Morgan fingerprint density at radius 3 is 2.95 bits per heavy atom. The van der Waals surface area contributed by atoms with Crippen molar-refractivity contribution in [3.63, 3.8) is 0 Å². The molecular weight excluding hydrogens is 254 g/mol. The fraction of sp³-hybridized carbons (Fsp3) is 0.600. The number of nitrogens with two attached hydrogens (primary N) is 1. The van der Waals surface area contributed by atoms with Crippen LogP contribution in [-0.4, -0.2) is 30.6 Å². The van der Waals surface area contributed by atoms with Crippen LogP contribution in [0.3, 0.4) is 0 Å². The summed E-state index contributed by atoms with van der Waals surface area (Å²) in [6, 6.07) is 1.65. The SMILES string of the molecule is CCOC(=O)c1cc(N)cnc1N1CCCC(C)(C)C1. The summed E-state index contributed by atoms with van der Waals surface area (Å²) in [7, 11) is 0. The summed E-state index contributed by atoms with van der Waals surface area (Å²) in [5.41, 5.74) is 6.93. The highest BCUT2D eigenvalue weighted by atomic mass is 16.5. The fourth-order valence-electron chi connectivity index (χ4n) is 2.69. The van der Waals surface area contributed by atoms with Gasteiger partial charge in [-0.3, -0.25) is 0 Å². The summed E-state index contributed by atoms with van der Waals surface area (Å²) in [5, 5.41) is 0. The molecule has 0 bridgehead atoms. The molecule has 0 amide bonds. The minimum Gasteiger partial charge on any atom is -0.462 e. The number of hydrogen-bond acceptors (Lipinski definition) is 5. The van der Waals surface area contributed by atoms with Gasteiger partial charge in [0.25, 0.3) is 0 Å². The van der Waals surface area contributed by atoms with Gasteiger partial charge >= 0.3 is 5.97 Å². The smallest absolute Gasteiger partial charge is 0.341 e. The summed E-state index contributed by atoms with van der Waals surface area (Å²) < 4.78 is 5.11. The first-order valence-electron chi connectivity index (χ1n) is 7.10. The molecule has 5 nitrogen and oxygen atoms in total. The number of anilines is 2. The van der Waals surface area contributed by atoms with Gasteiger partial charge in [0.05, 0.1) is 18.5 Å². The lowest BCUT2D eigenvalue weighted by molar-refractivity contribution is 0.0526. The molecule has 2 heterocycles. The van der Waals surface area contributed by atoms with Gasteiger partial charge in [-0.05, 0) is 31.2 Å². The van der Waals surface area contributed by atoms with Gasteiger partial charge in [0.1, 0.15) is 11.4 Å². The lowest BCUT2D eigenvalue weighted by Crippen LogP contribution is -2.41. The van der Waals surface area contributed by atoms with Crippen molar-refractivity contribution in [1.29, 1.82) is 0 Å². The first kappa shape index (κ1) is 14.6. The molecule has 20 heavy (non-hydrogen) atoms. The summed E-state index contributed by atoms with van der Waals surface area (Å²) in [6.07, 6.45) is 3.88. The standard InChI is InChI=1S/C15H23N3O2/c1-4-20-14(19)12-8-11(16)9-17-13(12)18-7-5-6-15(2,3)10-18/h8-9H,4-7,10,16H2,1-3H3. The van der Waals surface area contributed by atoms with Crippen molar-refractivity contribution in [3.05, 3.63) is 17.8 Å². The molecule has 1 fully saturated rings. The average molecular weight is 277 g/mol. The summed E-state index contributed by atoms with van der Waals surface area (Å²) >= 11 is 0. The van der Waals surface area contributed by atoms with Crippen LogP contribution in [0, 0.1) is 5.41 Å². The Labute approximate surface area is 120 Å². The van der Waals surface area contributed by atoms with Gasteiger partial charge in [-0.1, -0.05) is 13.8 Å². The average Bonchev–Trinajstić information content (AvgIpc) is 2.37. The molecule has 0 saturated carbocycles. The first-order chi connectivity index (χ1) is 9.43. The molecule has 1 saturated heterocycles. The van der Waals surface area contributed by atoms with Crippen LogP contribution in [0.15, 0.2) is 12.3 Å². The second kappa shape index (κ2) is 5.69. The maximum absolute atomic E-state index is 12.1. The minimum atomic E-state index is -0.356. The molecule has 0 atom stereocenters. The van der Waals surface area contributed by atoms with Crippen molar-refractivity contribution in [2.75, 3.05) is 30.3 Å². The van der Waals surface area contributed by atoms with E-state index in [0.29, 0.717) is 23.7 Å². The number of aromatic nitrogens is 1. The van der Waals surface area contributed by atoms with E-state index in [2.05, 4.69) is 23.7 Å². The van der Waals surface area contributed by atoms with Gasteiger partial charge in [0, 0.05) is 13.1 Å². The molecule has 2 rings (SSSR count). The monoisotopic (exact) mass is 277 g/mol. The maximum Gasteiger partial charge on any atom is 0.341 e. The summed E-state index contributed by atoms with van der Waals surface area (Å²) in [4.78, 5) is 18.6. The van der Waals surface area contributed by atoms with Crippen LogP contribution in [0.2, 0.25) is 0 Å². The van der Waals surface area contributed by atoms with E-state index in [1.54, 1.807) is 19.2 Å². The third kappa shape index (κ3) is 3.21. The Kier molecular flexibility index (Phi) is 4.16. The number of nitrogens with zero attached hydrogens (tertiary/aromatic N) is 2. The van der Waals surface area contributed by atoms with Crippen LogP contribution in [0.4, 0.5) is 11.5 Å². The van der Waals surface area contributed by atoms with Crippen molar-refractivity contribution in [1.82, 2.24) is 4.98 Å². The molecule has 1 aliphatic rings. The van der Waals surface area contributed by atoms with E-state index in [-0.39, 0.29) is 11.4 Å². The number of rotatable bonds is 3. The Morgan fingerprint density at radius 2 is 2.30 bits per heavy atom. The molecule has 0 aromatic carbocycles. The number of pyridine rings is 1. The van der Waals surface area contributed by atoms with Crippen LogP contribution in [0.1, 0.15) is 44.0 Å². The molecule has 1 aromatic heterocycles. The van der Waals surface area contributed by atoms with Crippen LogP contribution in [0.5, 0.6) is 0 Å². The Morgan fingerprint density at radius 1 is 1.55 bits per heavy atom. The largest absolute Gasteiger partial charge is 0.462 e. The second-order valence-corrected chi connectivity index (χ2v) is 6.05. The molecular formula is C15H23N3O2. The molecule has 0 aliphatic carbocycles. The van der Waals surface area contributed by atoms with Crippen LogP contribution in [-0.2, 0) is 4.74 Å². The molecule has 0 radical (unpaired) electrons. The number of carbonyl (C=O) groups excluding carboxylic acids is 1. The highest BCUT2D eigenvalue weighted by Crippen LogP contribution is 2.32. The highest BCUT2D eigenvalue weighted by molar-refractivity contribution is 5.95. The minimum absolute atomic E-state index is 0.229. The normalized spacial score (nSPS) is 17.9. The molecule has 5 heteroatoms. The predicted molar refractivity (Wildman–Crippen MR) is 79.8 cm³/mol. The van der Waals surface area contributed by atoms with Crippen molar-refractivity contribution in [2.45, 2.75) is 33.6 Å². The lowest BCUT2D eigenvalue weighted by Gasteiger charge is -2.39. The second-order valence-electron chi connectivity index (χ2n) is 6.05. The number of hydrogen-bond donors (Lipinski definition) is 1. The molecule has 110 valence electrons. The molecule has 2 N–H and O–H groups in total. The third-order valence-electron chi connectivity index (χ3n) is 3.58. The van der Waals surface area contributed by atoms with Crippen molar-refractivity contribution in [2.24, 2.45) is 5.41 Å². The summed E-state index contributed by atoms with van der Waals surface area (Å²) in [5.74, 6) is 0.330. The van der Waals surface area contributed by atoms with Crippen molar-refractivity contribution >= 4 is 17.5 Å². The third-order valence-corrected chi connectivity index (χ3v) is 3.58. The molecule has 0 spiro atoms. The zero-order valence-electron chi connectivity index (χ0n) is 12.5. The van der Waals surface area contributed by atoms with Crippen molar-refractivity contribution < 1.29 is 9.53 Å². The lowest BCUT2D eigenvalue weighted by atomic mass is 9.84. The van der Waals surface area contributed by atoms with Crippen LogP contribution in [0.25, 0.3) is 0 Å². The highest BCUT2D eigenvalue weighted by Gasteiger charge is 2.29. The van der Waals surface area contributed by atoms with Gasteiger partial charge in [0.15, 0.2) is 0 Å². The van der Waals surface area contributed by atoms with E-state index in [0.717, 1.165) is 19.5 Å². The van der Waals surface area contributed by atoms with Gasteiger partial charge in [0.2, 0.25) is 0 Å².